The smallest absolute Gasteiger partial charge is 0.272 e. The second kappa shape index (κ2) is 4.37. The molecule has 0 unspecified atom stereocenters. The number of aromatic nitrogens is 3. The van der Waals surface area contributed by atoms with E-state index >= 15 is 0 Å². The lowest BCUT2D eigenvalue weighted by Crippen LogP contribution is -2.16. The van der Waals surface area contributed by atoms with E-state index in [4.69, 9.17) is 0 Å². The number of rotatable bonds is 2. The molecule has 0 aromatic carbocycles. The van der Waals surface area contributed by atoms with Crippen molar-refractivity contribution in [1.29, 1.82) is 0 Å². The van der Waals surface area contributed by atoms with Crippen molar-refractivity contribution in [3.05, 3.63) is 33.8 Å². The third-order valence-electron chi connectivity index (χ3n) is 2.57. The van der Waals surface area contributed by atoms with Crippen molar-refractivity contribution < 1.29 is 4.79 Å². The molecule has 2 aromatic heterocycles. The van der Waals surface area contributed by atoms with Crippen LogP contribution in [0.3, 0.4) is 0 Å². The molecule has 5 nitrogen and oxygen atoms in total. The van der Waals surface area contributed by atoms with Crippen molar-refractivity contribution in [2.75, 3.05) is 5.32 Å². The van der Waals surface area contributed by atoms with Gasteiger partial charge in [0.2, 0.25) is 0 Å². The molecule has 90 valence electrons. The maximum atomic E-state index is 12.1. The first-order valence-corrected chi connectivity index (χ1v) is 5.93. The number of nitrogens with one attached hydrogen (secondary N) is 2. The van der Waals surface area contributed by atoms with Crippen LogP contribution in [0.5, 0.6) is 0 Å². The third kappa shape index (κ3) is 2.26. The van der Waals surface area contributed by atoms with Gasteiger partial charge in [0.15, 0.2) is 0 Å². The number of H-pyrrole nitrogens is 1. The van der Waals surface area contributed by atoms with Gasteiger partial charge in [-0.1, -0.05) is 0 Å². The van der Waals surface area contributed by atoms with E-state index in [9.17, 15) is 4.79 Å². The number of hydrogen-bond acceptors (Lipinski definition) is 2. The highest BCUT2D eigenvalue weighted by atomic mass is 79.9. The quantitative estimate of drug-likeness (QED) is 0.894. The number of carbonyl (C=O) groups is 1. The van der Waals surface area contributed by atoms with Gasteiger partial charge in [-0.2, -0.15) is 5.10 Å². The Kier molecular flexibility index (Phi) is 3.06. The number of aryl methyl sites for hydroxylation is 3. The van der Waals surface area contributed by atoms with E-state index in [1.807, 2.05) is 27.1 Å². The lowest BCUT2D eigenvalue weighted by atomic mass is 10.3. The second-order valence-electron chi connectivity index (χ2n) is 3.92. The van der Waals surface area contributed by atoms with Crippen LogP contribution in [0, 0.1) is 13.8 Å². The van der Waals surface area contributed by atoms with Crippen molar-refractivity contribution in [2.45, 2.75) is 13.8 Å². The summed E-state index contributed by atoms with van der Waals surface area (Å²) in [6.45, 7) is 3.72. The highest BCUT2D eigenvalue weighted by Gasteiger charge is 2.14. The fourth-order valence-corrected chi connectivity index (χ4v) is 2.19. The number of nitrogens with zero attached hydrogens (tertiary/aromatic N) is 2. The molecule has 0 radical (unpaired) electrons. The van der Waals surface area contributed by atoms with Crippen molar-refractivity contribution in [3.63, 3.8) is 0 Å². The predicted octanol–water partition coefficient (Wildman–Crippen LogP) is 2.38. The van der Waals surface area contributed by atoms with Crippen LogP contribution in [0.1, 0.15) is 21.9 Å². The molecule has 6 heteroatoms. The average Bonchev–Trinajstić information content (AvgIpc) is 2.74. The first kappa shape index (κ1) is 11.9. The van der Waals surface area contributed by atoms with Crippen LogP contribution in [0.15, 0.2) is 16.7 Å². The van der Waals surface area contributed by atoms with E-state index in [-0.39, 0.29) is 5.91 Å². The Morgan fingerprint density at radius 1 is 1.53 bits per heavy atom. The molecule has 0 saturated heterocycles. The molecule has 1 amide bonds. The molecule has 0 fully saturated rings. The standard InChI is InChI=1S/C11H13BrN4O/c1-6-10(7(2)15-14-6)13-11(17)9-4-8(12)5-16(9)3/h4-5H,1-3H3,(H,13,17)(H,14,15). The minimum absolute atomic E-state index is 0.147. The molecule has 2 heterocycles. The molecule has 0 aliphatic carbocycles. The SMILES string of the molecule is Cc1n[nH]c(C)c1NC(=O)c1cc(Br)cn1C. The summed E-state index contributed by atoms with van der Waals surface area (Å²) < 4.78 is 2.65. The molecule has 2 aromatic rings. The Morgan fingerprint density at radius 2 is 2.24 bits per heavy atom. The van der Waals surface area contributed by atoms with Gasteiger partial charge in [-0.3, -0.25) is 9.89 Å². The zero-order valence-corrected chi connectivity index (χ0v) is 11.4. The molecule has 0 atom stereocenters. The van der Waals surface area contributed by atoms with Crippen LogP contribution in [0.2, 0.25) is 0 Å². The van der Waals surface area contributed by atoms with Gasteiger partial charge in [0, 0.05) is 17.7 Å². The van der Waals surface area contributed by atoms with Crippen LogP contribution >= 0.6 is 15.9 Å². The molecule has 0 aliphatic heterocycles. The topological polar surface area (TPSA) is 62.7 Å². The normalized spacial score (nSPS) is 10.6. The first-order valence-electron chi connectivity index (χ1n) is 5.14. The van der Waals surface area contributed by atoms with E-state index in [0.29, 0.717) is 5.69 Å². The van der Waals surface area contributed by atoms with Gasteiger partial charge in [-0.15, -0.1) is 0 Å². The van der Waals surface area contributed by atoms with E-state index in [2.05, 4.69) is 31.4 Å². The first-order chi connectivity index (χ1) is 7.99. The molecule has 0 saturated carbocycles. The molecule has 2 rings (SSSR count). The molecular weight excluding hydrogens is 284 g/mol. The van der Waals surface area contributed by atoms with E-state index in [1.165, 1.54) is 0 Å². The number of amides is 1. The number of aromatic amines is 1. The largest absolute Gasteiger partial charge is 0.345 e. The van der Waals surface area contributed by atoms with Gasteiger partial charge >= 0.3 is 0 Å². The summed E-state index contributed by atoms with van der Waals surface area (Å²) in [4.78, 5) is 12.1. The van der Waals surface area contributed by atoms with Crippen LogP contribution in [-0.2, 0) is 7.05 Å². The Morgan fingerprint density at radius 3 is 2.71 bits per heavy atom. The monoisotopic (exact) mass is 296 g/mol. The van der Waals surface area contributed by atoms with Gasteiger partial charge in [0.25, 0.3) is 5.91 Å². The minimum Gasteiger partial charge on any atom is -0.345 e. The third-order valence-corrected chi connectivity index (χ3v) is 3.00. The summed E-state index contributed by atoms with van der Waals surface area (Å²) >= 11 is 3.34. The van der Waals surface area contributed by atoms with Crippen molar-refractivity contribution in [2.24, 2.45) is 7.05 Å². The molecule has 2 N–H and O–H groups in total. The zero-order chi connectivity index (χ0) is 12.6. The average molecular weight is 297 g/mol. The van der Waals surface area contributed by atoms with Crippen LogP contribution in [-0.4, -0.2) is 20.7 Å². The summed E-state index contributed by atoms with van der Waals surface area (Å²) in [6, 6.07) is 1.78. The maximum absolute atomic E-state index is 12.1. The van der Waals surface area contributed by atoms with E-state index in [0.717, 1.165) is 21.5 Å². The zero-order valence-electron chi connectivity index (χ0n) is 9.84. The van der Waals surface area contributed by atoms with E-state index < -0.39 is 0 Å². The van der Waals surface area contributed by atoms with Gasteiger partial charge < -0.3 is 9.88 Å². The van der Waals surface area contributed by atoms with Crippen LogP contribution in [0.4, 0.5) is 5.69 Å². The summed E-state index contributed by atoms with van der Waals surface area (Å²) in [6.07, 6.45) is 1.84. The van der Waals surface area contributed by atoms with Gasteiger partial charge in [-0.25, -0.2) is 0 Å². The Balaban J connectivity index is 2.26. The molecular formula is C11H13BrN4O. The van der Waals surface area contributed by atoms with Gasteiger partial charge in [0.1, 0.15) is 5.69 Å². The number of hydrogen-bond donors (Lipinski definition) is 2. The molecule has 17 heavy (non-hydrogen) atoms. The lowest BCUT2D eigenvalue weighted by molar-refractivity contribution is 0.101. The molecule has 0 spiro atoms. The summed E-state index contributed by atoms with van der Waals surface area (Å²) in [5, 5.41) is 9.72. The number of anilines is 1. The highest BCUT2D eigenvalue weighted by Crippen LogP contribution is 2.19. The van der Waals surface area contributed by atoms with Crippen molar-refractivity contribution in [1.82, 2.24) is 14.8 Å². The number of carbonyl (C=O) groups excluding carboxylic acids is 1. The predicted molar refractivity (Wildman–Crippen MR) is 69.1 cm³/mol. The van der Waals surface area contributed by atoms with Crippen LogP contribution in [0.25, 0.3) is 0 Å². The van der Waals surface area contributed by atoms with E-state index in [1.54, 1.807) is 10.6 Å². The fraction of sp³-hybridized carbons (Fsp3) is 0.273. The molecule has 0 aliphatic rings. The summed E-state index contributed by atoms with van der Waals surface area (Å²) in [7, 11) is 1.83. The van der Waals surface area contributed by atoms with Gasteiger partial charge in [-0.05, 0) is 35.8 Å². The fourth-order valence-electron chi connectivity index (χ4n) is 1.66. The summed E-state index contributed by atoms with van der Waals surface area (Å²) in [5.74, 6) is -0.147. The van der Waals surface area contributed by atoms with Gasteiger partial charge in [0.05, 0.1) is 17.1 Å². The van der Waals surface area contributed by atoms with Crippen molar-refractivity contribution in [3.8, 4) is 0 Å². The minimum atomic E-state index is -0.147. The lowest BCUT2D eigenvalue weighted by Gasteiger charge is -2.05. The maximum Gasteiger partial charge on any atom is 0.272 e. The molecule has 0 bridgehead atoms. The Bertz CT molecular complexity index is 551. The van der Waals surface area contributed by atoms with Crippen LogP contribution < -0.4 is 5.32 Å². The summed E-state index contributed by atoms with van der Waals surface area (Å²) in [5.41, 5.74) is 2.97. The number of halogens is 1. The Labute approximate surface area is 107 Å². The Hall–Kier alpha value is -1.56. The van der Waals surface area contributed by atoms with Crippen molar-refractivity contribution >= 4 is 27.5 Å². The highest BCUT2D eigenvalue weighted by molar-refractivity contribution is 9.10. The second-order valence-corrected chi connectivity index (χ2v) is 4.83.